The first-order valence-corrected chi connectivity index (χ1v) is 9.62. The maximum Gasteiger partial charge on any atom is 0.313 e. The minimum atomic E-state index is -0.777. The van der Waals surface area contributed by atoms with E-state index in [1.807, 2.05) is 30.3 Å². The molecule has 2 aromatic rings. The zero-order chi connectivity index (χ0) is 20.2. The number of anilines is 1. The van der Waals surface area contributed by atoms with E-state index < -0.39 is 11.8 Å². The average Bonchev–Trinajstić information content (AvgIpc) is 2.72. The van der Waals surface area contributed by atoms with Gasteiger partial charge in [0.05, 0.1) is 11.3 Å². The quantitative estimate of drug-likeness (QED) is 0.461. The molecule has 0 aliphatic heterocycles. The maximum atomic E-state index is 12.5. The molecule has 0 fully saturated rings. The molecule has 6 nitrogen and oxygen atoms in total. The molecule has 6 heteroatoms. The molecule has 0 aromatic heterocycles. The number of hydrogen-bond donors (Lipinski definition) is 3. The van der Waals surface area contributed by atoms with Crippen LogP contribution in [0.25, 0.3) is 0 Å². The second-order valence-corrected chi connectivity index (χ2v) is 6.45. The van der Waals surface area contributed by atoms with Gasteiger partial charge in [0.15, 0.2) is 0 Å². The van der Waals surface area contributed by atoms with E-state index in [-0.39, 0.29) is 5.91 Å². The van der Waals surface area contributed by atoms with Gasteiger partial charge in [-0.3, -0.25) is 14.4 Å². The molecule has 0 aliphatic rings. The number of hydrogen-bond acceptors (Lipinski definition) is 3. The number of amides is 3. The van der Waals surface area contributed by atoms with Gasteiger partial charge in [-0.2, -0.15) is 0 Å². The van der Waals surface area contributed by atoms with E-state index in [0.717, 1.165) is 24.8 Å². The fraction of sp³-hybridized carbons (Fsp3) is 0.318. The lowest BCUT2D eigenvalue weighted by Crippen LogP contribution is -2.36. The van der Waals surface area contributed by atoms with Crippen molar-refractivity contribution in [2.45, 2.75) is 32.6 Å². The van der Waals surface area contributed by atoms with E-state index in [1.54, 1.807) is 24.3 Å². The van der Waals surface area contributed by atoms with Gasteiger partial charge in [-0.1, -0.05) is 62.2 Å². The van der Waals surface area contributed by atoms with Gasteiger partial charge in [0.1, 0.15) is 0 Å². The Morgan fingerprint density at radius 1 is 0.786 bits per heavy atom. The Hall–Kier alpha value is -3.15. The molecule has 0 saturated heterocycles. The van der Waals surface area contributed by atoms with E-state index in [0.29, 0.717) is 30.8 Å². The summed E-state index contributed by atoms with van der Waals surface area (Å²) in [4.78, 5) is 36.5. The van der Waals surface area contributed by atoms with Gasteiger partial charge >= 0.3 is 11.8 Å². The van der Waals surface area contributed by atoms with Crippen LogP contribution >= 0.6 is 0 Å². The molecule has 28 heavy (non-hydrogen) atoms. The summed E-state index contributed by atoms with van der Waals surface area (Å²) in [5.41, 5.74) is 1.76. The summed E-state index contributed by atoms with van der Waals surface area (Å²) >= 11 is 0. The van der Waals surface area contributed by atoms with Gasteiger partial charge < -0.3 is 16.0 Å². The monoisotopic (exact) mass is 381 g/mol. The van der Waals surface area contributed by atoms with Crippen molar-refractivity contribution in [3.05, 3.63) is 65.7 Å². The highest BCUT2D eigenvalue weighted by Gasteiger charge is 2.17. The van der Waals surface area contributed by atoms with E-state index in [9.17, 15) is 14.4 Å². The van der Waals surface area contributed by atoms with Crippen molar-refractivity contribution in [3.63, 3.8) is 0 Å². The number of para-hydroxylation sites is 1. The minimum absolute atomic E-state index is 0.296. The van der Waals surface area contributed by atoms with Gasteiger partial charge in [-0.05, 0) is 30.5 Å². The molecule has 3 N–H and O–H groups in total. The van der Waals surface area contributed by atoms with Crippen LogP contribution in [-0.2, 0) is 16.0 Å². The molecule has 0 saturated carbocycles. The fourth-order valence-electron chi connectivity index (χ4n) is 2.69. The van der Waals surface area contributed by atoms with Crippen molar-refractivity contribution in [2.75, 3.05) is 18.4 Å². The molecular formula is C22H27N3O3. The second kappa shape index (κ2) is 11.5. The number of carbonyl (C=O) groups is 3. The summed E-state index contributed by atoms with van der Waals surface area (Å²) < 4.78 is 0. The van der Waals surface area contributed by atoms with Crippen molar-refractivity contribution in [3.8, 4) is 0 Å². The molecular weight excluding hydrogens is 354 g/mol. The number of unbranched alkanes of at least 4 members (excludes halogenated alkanes) is 2. The molecule has 0 aliphatic carbocycles. The Balaban J connectivity index is 1.89. The van der Waals surface area contributed by atoms with Crippen LogP contribution in [0.3, 0.4) is 0 Å². The molecule has 0 atom stereocenters. The molecule has 0 spiro atoms. The van der Waals surface area contributed by atoms with Crippen molar-refractivity contribution < 1.29 is 14.4 Å². The second-order valence-electron chi connectivity index (χ2n) is 6.45. The Labute approximate surface area is 165 Å². The zero-order valence-corrected chi connectivity index (χ0v) is 16.2. The van der Waals surface area contributed by atoms with Crippen LogP contribution in [0.5, 0.6) is 0 Å². The summed E-state index contributed by atoms with van der Waals surface area (Å²) in [6, 6.07) is 16.5. The van der Waals surface area contributed by atoms with Gasteiger partial charge in [0, 0.05) is 13.1 Å². The lowest BCUT2D eigenvalue weighted by molar-refractivity contribution is -0.136. The highest BCUT2D eigenvalue weighted by Crippen LogP contribution is 2.15. The predicted molar refractivity (Wildman–Crippen MR) is 110 cm³/mol. The maximum absolute atomic E-state index is 12.5. The SMILES string of the molecule is CCCCCNC(=O)C(=O)Nc1ccccc1C(=O)NCCc1ccccc1. The molecule has 0 heterocycles. The average molecular weight is 381 g/mol. The summed E-state index contributed by atoms with van der Waals surface area (Å²) in [6.07, 6.45) is 3.57. The number of benzene rings is 2. The van der Waals surface area contributed by atoms with Crippen molar-refractivity contribution >= 4 is 23.4 Å². The van der Waals surface area contributed by atoms with Crippen LogP contribution in [0.2, 0.25) is 0 Å². The minimum Gasteiger partial charge on any atom is -0.352 e. The first kappa shape index (κ1) is 21.2. The standard InChI is InChI=1S/C22H27N3O3/c1-2-3-9-15-23-21(27)22(28)25-19-13-8-7-12-18(19)20(26)24-16-14-17-10-5-4-6-11-17/h4-8,10-13H,2-3,9,14-16H2,1H3,(H,23,27)(H,24,26)(H,25,28). The van der Waals surface area contributed by atoms with Crippen LogP contribution < -0.4 is 16.0 Å². The van der Waals surface area contributed by atoms with Crippen LogP contribution in [0.1, 0.15) is 42.1 Å². The predicted octanol–water partition coefficient (Wildman–Crippen LogP) is 2.90. The first-order chi connectivity index (χ1) is 13.6. The van der Waals surface area contributed by atoms with Gasteiger partial charge in [-0.25, -0.2) is 0 Å². The lowest BCUT2D eigenvalue weighted by Gasteiger charge is -2.11. The Kier molecular flexibility index (Phi) is 8.72. The Morgan fingerprint density at radius 3 is 2.25 bits per heavy atom. The molecule has 148 valence electrons. The molecule has 0 unspecified atom stereocenters. The van der Waals surface area contributed by atoms with E-state index in [1.165, 1.54) is 0 Å². The van der Waals surface area contributed by atoms with E-state index in [4.69, 9.17) is 0 Å². The summed E-state index contributed by atoms with van der Waals surface area (Å²) in [7, 11) is 0. The summed E-state index contributed by atoms with van der Waals surface area (Å²) in [5, 5.41) is 7.96. The molecule has 3 amide bonds. The summed E-state index contributed by atoms with van der Waals surface area (Å²) in [5.74, 6) is -1.77. The topological polar surface area (TPSA) is 87.3 Å². The smallest absolute Gasteiger partial charge is 0.313 e. The van der Waals surface area contributed by atoms with Gasteiger partial charge in [-0.15, -0.1) is 0 Å². The first-order valence-electron chi connectivity index (χ1n) is 9.62. The zero-order valence-electron chi connectivity index (χ0n) is 16.2. The van der Waals surface area contributed by atoms with Crippen LogP contribution in [0.15, 0.2) is 54.6 Å². The Bertz CT molecular complexity index is 791. The third kappa shape index (κ3) is 6.87. The van der Waals surface area contributed by atoms with Crippen molar-refractivity contribution in [1.82, 2.24) is 10.6 Å². The molecule has 0 radical (unpaired) electrons. The van der Waals surface area contributed by atoms with Crippen LogP contribution in [0, 0.1) is 0 Å². The Morgan fingerprint density at radius 2 is 1.50 bits per heavy atom. The normalized spacial score (nSPS) is 10.2. The number of carbonyl (C=O) groups excluding carboxylic acids is 3. The van der Waals surface area contributed by atoms with Gasteiger partial charge in [0.25, 0.3) is 5.91 Å². The van der Waals surface area contributed by atoms with E-state index in [2.05, 4.69) is 22.9 Å². The number of rotatable bonds is 9. The largest absolute Gasteiger partial charge is 0.352 e. The van der Waals surface area contributed by atoms with Crippen molar-refractivity contribution in [1.29, 1.82) is 0 Å². The molecule has 2 rings (SSSR count). The fourth-order valence-corrected chi connectivity index (χ4v) is 2.69. The van der Waals surface area contributed by atoms with Gasteiger partial charge in [0.2, 0.25) is 0 Å². The highest BCUT2D eigenvalue weighted by atomic mass is 16.2. The summed E-state index contributed by atoms with van der Waals surface area (Å²) in [6.45, 7) is 3.00. The van der Waals surface area contributed by atoms with Crippen molar-refractivity contribution in [2.24, 2.45) is 0 Å². The highest BCUT2D eigenvalue weighted by molar-refractivity contribution is 6.40. The van der Waals surface area contributed by atoms with E-state index >= 15 is 0 Å². The number of nitrogens with one attached hydrogen (secondary N) is 3. The molecule has 2 aromatic carbocycles. The molecule has 0 bridgehead atoms. The third-order valence-corrected chi connectivity index (χ3v) is 4.23. The third-order valence-electron chi connectivity index (χ3n) is 4.23. The lowest BCUT2D eigenvalue weighted by atomic mass is 10.1. The van der Waals surface area contributed by atoms with Crippen LogP contribution in [0.4, 0.5) is 5.69 Å². The van der Waals surface area contributed by atoms with Crippen LogP contribution in [-0.4, -0.2) is 30.8 Å².